The fraction of sp³-hybridized carbons (Fsp3) is 0.833. The van der Waals surface area contributed by atoms with Gasteiger partial charge in [-0.15, -0.1) is 0 Å². The van der Waals surface area contributed by atoms with Crippen LogP contribution in [0.4, 0.5) is 0 Å². The van der Waals surface area contributed by atoms with Crippen LogP contribution in [0.5, 0.6) is 0 Å². The predicted octanol–water partition coefficient (Wildman–Crippen LogP) is 2.75. The highest BCUT2D eigenvalue weighted by molar-refractivity contribution is 5.69. The van der Waals surface area contributed by atoms with E-state index >= 15 is 0 Å². The normalized spacial score (nSPS) is 12.1. The maximum Gasteiger partial charge on any atom is 0.306 e. The third kappa shape index (κ3) is 9.49. The molecule has 4 heteroatoms. The van der Waals surface area contributed by atoms with Crippen LogP contribution in [0.3, 0.4) is 0 Å². The Morgan fingerprint density at radius 1 is 1.19 bits per heavy atom. The van der Waals surface area contributed by atoms with Gasteiger partial charge < -0.3 is 9.84 Å². The predicted molar refractivity (Wildman–Crippen MR) is 61.2 cm³/mol. The number of carbonyl (C=O) groups excluding carboxylic acids is 1. The summed E-state index contributed by atoms with van der Waals surface area (Å²) in [5.41, 5.74) is 0. The molecular formula is C12H22O4. The van der Waals surface area contributed by atoms with Crippen LogP contribution in [-0.2, 0) is 14.3 Å². The van der Waals surface area contributed by atoms with Gasteiger partial charge in [-0.05, 0) is 26.2 Å². The zero-order valence-electron chi connectivity index (χ0n) is 10.2. The minimum absolute atomic E-state index is 0.00322. The van der Waals surface area contributed by atoms with E-state index in [0.29, 0.717) is 19.3 Å². The Labute approximate surface area is 97.0 Å². The molecule has 16 heavy (non-hydrogen) atoms. The summed E-state index contributed by atoms with van der Waals surface area (Å²) in [5, 5.41) is 8.41. The molecule has 0 aromatic carbocycles. The zero-order valence-corrected chi connectivity index (χ0v) is 10.2. The van der Waals surface area contributed by atoms with Crippen LogP contribution in [0, 0.1) is 0 Å². The number of carbonyl (C=O) groups is 2. The molecule has 0 spiro atoms. The molecule has 94 valence electrons. The van der Waals surface area contributed by atoms with E-state index in [9.17, 15) is 9.59 Å². The molecule has 0 fully saturated rings. The molecule has 0 saturated carbocycles. The van der Waals surface area contributed by atoms with Gasteiger partial charge in [0.25, 0.3) is 0 Å². The van der Waals surface area contributed by atoms with Gasteiger partial charge in [0.1, 0.15) is 0 Å². The fourth-order valence-electron chi connectivity index (χ4n) is 1.47. The Morgan fingerprint density at radius 2 is 1.81 bits per heavy atom. The summed E-state index contributed by atoms with van der Waals surface area (Å²) in [6, 6.07) is 0. The molecule has 0 aromatic rings. The van der Waals surface area contributed by atoms with Crippen LogP contribution in [0.25, 0.3) is 0 Å². The number of rotatable bonds is 9. The highest BCUT2D eigenvalue weighted by Crippen LogP contribution is 2.07. The van der Waals surface area contributed by atoms with Gasteiger partial charge in [-0.3, -0.25) is 9.59 Å². The van der Waals surface area contributed by atoms with Gasteiger partial charge in [-0.2, -0.15) is 0 Å². The number of hydrogen-bond donors (Lipinski definition) is 1. The van der Waals surface area contributed by atoms with Crippen molar-refractivity contribution < 1.29 is 19.4 Å². The number of unbranched alkanes of at least 4 members (excludes halogenated alkanes) is 2. The maximum atomic E-state index is 11.3. The molecule has 0 bridgehead atoms. The molecule has 0 radical (unpaired) electrons. The van der Waals surface area contributed by atoms with Crippen LogP contribution >= 0.6 is 0 Å². The number of esters is 1. The lowest BCUT2D eigenvalue weighted by Gasteiger charge is -2.11. The van der Waals surface area contributed by atoms with Gasteiger partial charge >= 0.3 is 11.9 Å². The van der Waals surface area contributed by atoms with Crippen molar-refractivity contribution in [2.24, 2.45) is 0 Å². The molecule has 4 nitrogen and oxygen atoms in total. The molecule has 0 aliphatic heterocycles. The molecule has 0 saturated heterocycles. The maximum absolute atomic E-state index is 11.3. The summed E-state index contributed by atoms with van der Waals surface area (Å²) < 4.78 is 5.16. The molecule has 0 aromatic heterocycles. The van der Waals surface area contributed by atoms with E-state index in [2.05, 4.69) is 6.92 Å². The molecule has 0 amide bonds. The number of hydrogen-bond acceptors (Lipinski definition) is 3. The van der Waals surface area contributed by atoms with Crippen molar-refractivity contribution in [3.63, 3.8) is 0 Å². The first-order chi connectivity index (χ1) is 7.56. The van der Waals surface area contributed by atoms with Crippen molar-refractivity contribution in [2.75, 3.05) is 0 Å². The molecule has 0 rings (SSSR count). The van der Waals surface area contributed by atoms with Crippen LogP contribution in [0.15, 0.2) is 0 Å². The lowest BCUT2D eigenvalue weighted by atomic mass is 10.1. The van der Waals surface area contributed by atoms with E-state index in [1.54, 1.807) is 0 Å². The Kier molecular flexibility index (Phi) is 8.58. The standard InChI is InChI=1S/C12H22O4/c1-3-7-10(2)16-12(15)9-6-4-5-8-11(13)14/h10H,3-9H2,1-2H3,(H,13,14). The Hall–Kier alpha value is -1.06. The summed E-state index contributed by atoms with van der Waals surface area (Å²) in [4.78, 5) is 21.5. The van der Waals surface area contributed by atoms with Crippen molar-refractivity contribution in [3.8, 4) is 0 Å². The topological polar surface area (TPSA) is 63.6 Å². The second kappa shape index (κ2) is 9.19. The third-order valence-electron chi connectivity index (χ3n) is 2.30. The van der Waals surface area contributed by atoms with Crippen molar-refractivity contribution in [3.05, 3.63) is 0 Å². The highest BCUT2D eigenvalue weighted by Gasteiger charge is 2.08. The van der Waals surface area contributed by atoms with Gasteiger partial charge in [0.05, 0.1) is 6.10 Å². The van der Waals surface area contributed by atoms with Crippen LogP contribution in [-0.4, -0.2) is 23.1 Å². The number of aliphatic carboxylic acids is 1. The monoisotopic (exact) mass is 230 g/mol. The summed E-state index contributed by atoms with van der Waals surface area (Å²) in [7, 11) is 0. The van der Waals surface area contributed by atoms with Crippen LogP contribution in [0.1, 0.15) is 58.8 Å². The second-order valence-electron chi connectivity index (χ2n) is 4.04. The first-order valence-electron chi connectivity index (χ1n) is 5.97. The van der Waals surface area contributed by atoms with Crippen molar-refractivity contribution in [1.82, 2.24) is 0 Å². The minimum Gasteiger partial charge on any atom is -0.481 e. The molecule has 1 unspecified atom stereocenters. The van der Waals surface area contributed by atoms with Gasteiger partial charge in [0.2, 0.25) is 0 Å². The molecule has 0 aliphatic rings. The van der Waals surface area contributed by atoms with E-state index in [4.69, 9.17) is 9.84 Å². The third-order valence-corrected chi connectivity index (χ3v) is 2.30. The lowest BCUT2D eigenvalue weighted by Crippen LogP contribution is -2.14. The SMILES string of the molecule is CCCC(C)OC(=O)CCCCCC(=O)O. The minimum atomic E-state index is -0.779. The van der Waals surface area contributed by atoms with Crippen LogP contribution < -0.4 is 0 Å². The van der Waals surface area contributed by atoms with E-state index in [1.165, 1.54) is 0 Å². The quantitative estimate of drug-likeness (QED) is 0.488. The summed E-state index contributed by atoms with van der Waals surface area (Å²) in [5.74, 6) is -0.949. The Morgan fingerprint density at radius 3 is 2.38 bits per heavy atom. The largest absolute Gasteiger partial charge is 0.481 e. The van der Waals surface area contributed by atoms with Gasteiger partial charge in [-0.1, -0.05) is 19.8 Å². The molecule has 1 N–H and O–H groups in total. The Bertz CT molecular complexity index is 213. The van der Waals surface area contributed by atoms with Gasteiger partial charge in [0, 0.05) is 12.8 Å². The van der Waals surface area contributed by atoms with E-state index < -0.39 is 5.97 Å². The van der Waals surface area contributed by atoms with E-state index in [0.717, 1.165) is 19.3 Å². The summed E-state index contributed by atoms with van der Waals surface area (Å²) in [6.45, 7) is 3.95. The molecule has 0 heterocycles. The average Bonchev–Trinajstić information content (AvgIpc) is 2.16. The number of ether oxygens (including phenoxy) is 1. The smallest absolute Gasteiger partial charge is 0.306 e. The lowest BCUT2D eigenvalue weighted by molar-refractivity contribution is -0.148. The molecular weight excluding hydrogens is 208 g/mol. The molecule has 1 atom stereocenters. The first kappa shape index (κ1) is 14.9. The van der Waals surface area contributed by atoms with E-state index in [1.807, 2.05) is 6.92 Å². The van der Waals surface area contributed by atoms with Gasteiger partial charge in [0.15, 0.2) is 0 Å². The highest BCUT2D eigenvalue weighted by atomic mass is 16.5. The number of carboxylic acids is 1. The van der Waals surface area contributed by atoms with E-state index in [-0.39, 0.29) is 18.5 Å². The number of carboxylic acid groups (broad SMARTS) is 1. The zero-order chi connectivity index (χ0) is 12.4. The Balaban J connectivity index is 3.40. The first-order valence-corrected chi connectivity index (χ1v) is 5.97. The van der Waals surface area contributed by atoms with Gasteiger partial charge in [-0.25, -0.2) is 0 Å². The molecule has 0 aliphatic carbocycles. The fourth-order valence-corrected chi connectivity index (χ4v) is 1.47. The summed E-state index contributed by atoms with van der Waals surface area (Å²) in [6.07, 6.45) is 4.59. The van der Waals surface area contributed by atoms with Crippen LogP contribution in [0.2, 0.25) is 0 Å². The summed E-state index contributed by atoms with van der Waals surface area (Å²) >= 11 is 0. The average molecular weight is 230 g/mol. The van der Waals surface area contributed by atoms with Crippen molar-refractivity contribution in [1.29, 1.82) is 0 Å². The van der Waals surface area contributed by atoms with Crippen molar-refractivity contribution >= 4 is 11.9 Å². The second-order valence-corrected chi connectivity index (χ2v) is 4.04. The van der Waals surface area contributed by atoms with Crippen molar-refractivity contribution in [2.45, 2.75) is 64.9 Å².